The van der Waals surface area contributed by atoms with E-state index in [1.165, 1.54) is 7.11 Å². The predicted molar refractivity (Wildman–Crippen MR) is 54.1 cm³/mol. The maximum Gasteiger partial charge on any atom is 0.253 e. The fourth-order valence-electron chi connectivity index (χ4n) is 0.958. The van der Waals surface area contributed by atoms with Crippen LogP contribution in [0.2, 0.25) is 0 Å². The van der Waals surface area contributed by atoms with Crippen LogP contribution in [0.15, 0.2) is 18.3 Å². The first-order valence-electron chi connectivity index (χ1n) is 4.40. The SMILES string of the molecule is COC(C)C(=O)Nc1cccnc1C. The molecule has 1 amide bonds. The minimum Gasteiger partial charge on any atom is -0.372 e. The van der Waals surface area contributed by atoms with Crippen molar-refractivity contribution < 1.29 is 9.53 Å². The van der Waals surface area contributed by atoms with E-state index in [-0.39, 0.29) is 5.91 Å². The maximum absolute atomic E-state index is 11.4. The van der Waals surface area contributed by atoms with Crippen molar-refractivity contribution in [3.8, 4) is 0 Å². The standard InChI is InChI=1S/C10H14N2O2/c1-7-9(5-4-6-11-7)12-10(13)8(2)14-3/h4-6,8H,1-3H3,(H,12,13). The van der Waals surface area contributed by atoms with E-state index < -0.39 is 6.10 Å². The molecule has 1 rings (SSSR count). The molecular weight excluding hydrogens is 180 g/mol. The van der Waals surface area contributed by atoms with Gasteiger partial charge in [0, 0.05) is 13.3 Å². The van der Waals surface area contributed by atoms with Gasteiger partial charge in [0.05, 0.1) is 11.4 Å². The lowest BCUT2D eigenvalue weighted by Gasteiger charge is -2.11. The Hall–Kier alpha value is -1.42. The Balaban J connectivity index is 2.70. The monoisotopic (exact) mass is 194 g/mol. The van der Waals surface area contributed by atoms with Crippen molar-refractivity contribution in [2.45, 2.75) is 20.0 Å². The number of hydrogen-bond acceptors (Lipinski definition) is 3. The molecule has 1 N–H and O–H groups in total. The summed E-state index contributed by atoms with van der Waals surface area (Å²) in [6.07, 6.45) is 1.24. The summed E-state index contributed by atoms with van der Waals surface area (Å²) in [6.45, 7) is 3.54. The van der Waals surface area contributed by atoms with Gasteiger partial charge in [-0.25, -0.2) is 0 Å². The van der Waals surface area contributed by atoms with Crippen molar-refractivity contribution in [3.63, 3.8) is 0 Å². The van der Waals surface area contributed by atoms with E-state index >= 15 is 0 Å². The Labute approximate surface area is 83.3 Å². The number of nitrogens with one attached hydrogen (secondary N) is 1. The quantitative estimate of drug-likeness (QED) is 0.790. The molecule has 1 heterocycles. The summed E-state index contributed by atoms with van der Waals surface area (Å²) in [4.78, 5) is 15.5. The first-order chi connectivity index (χ1) is 6.65. The number of hydrogen-bond donors (Lipinski definition) is 1. The number of methoxy groups -OCH3 is 1. The van der Waals surface area contributed by atoms with Crippen molar-refractivity contribution in [3.05, 3.63) is 24.0 Å². The van der Waals surface area contributed by atoms with Crippen LogP contribution < -0.4 is 5.32 Å². The summed E-state index contributed by atoms with van der Waals surface area (Å²) in [5.74, 6) is -0.163. The molecule has 4 nitrogen and oxygen atoms in total. The zero-order valence-electron chi connectivity index (χ0n) is 8.57. The molecule has 1 unspecified atom stereocenters. The Morgan fingerprint density at radius 2 is 2.36 bits per heavy atom. The number of carbonyl (C=O) groups is 1. The van der Waals surface area contributed by atoms with Crippen molar-refractivity contribution in [1.29, 1.82) is 0 Å². The summed E-state index contributed by atoms with van der Waals surface area (Å²) < 4.78 is 4.89. The molecule has 0 aliphatic rings. The molecule has 0 fully saturated rings. The van der Waals surface area contributed by atoms with E-state index in [0.717, 1.165) is 11.4 Å². The van der Waals surface area contributed by atoms with Gasteiger partial charge in [0.1, 0.15) is 6.10 Å². The Morgan fingerprint density at radius 3 is 2.93 bits per heavy atom. The predicted octanol–water partition coefficient (Wildman–Crippen LogP) is 1.36. The highest BCUT2D eigenvalue weighted by molar-refractivity contribution is 5.94. The van der Waals surface area contributed by atoms with Gasteiger partial charge in [0.15, 0.2) is 0 Å². The lowest BCUT2D eigenvalue weighted by Crippen LogP contribution is -2.26. The Morgan fingerprint density at radius 1 is 1.64 bits per heavy atom. The van der Waals surface area contributed by atoms with E-state index in [1.54, 1.807) is 19.2 Å². The largest absolute Gasteiger partial charge is 0.372 e. The number of ether oxygens (including phenoxy) is 1. The molecule has 0 bridgehead atoms. The highest BCUT2D eigenvalue weighted by Crippen LogP contribution is 2.10. The summed E-state index contributed by atoms with van der Waals surface area (Å²) in [5.41, 5.74) is 1.52. The molecule has 1 aromatic rings. The second-order valence-electron chi connectivity index (χ2n) is 3.00. The van der Waals surface area contributed by atoms with E-state index in [2.05, 4.69) is 10.3 Å². The van der Waals surface area contributed by atoms with Gasteiger partial charge in [0.25, 0.3) is 5.91 Å². The third kappa shape index (κ3) is 2.53. The number of anilines is 1. The molecule has 0 spiro atoms. The number of pyridine rings is 1. The first-order valence-corrected chi connectivity index (χ1v) is 4.40. The van der Waals surface area contributed by atoms with Gasteiger partial charge in [-0.05, 0) is 26.0 Å². The van der Waals surface area contributed by atoms with Crippen LogP contribution in [0.1, 0.15) is 12.6 Å². The molecule has 0 aliphatic heterocycles. The van der Waals surface area contributed by atoms with Crippen LogP contribution in [0.5, 0.6) is 0 Å². The van der Waals surface area contributed by atoms with Crippen LogP contribution in [0.4, 0.5) is 5.69 Å². The normalized spacial score (nSPS) is 12.2. The maximum atomic E-state index is 11.4. The zero-order chi connectivity index (χ0) is 10.6. The number of aromatic nitrogens is 1. The van der Waals surface area contributed by atoms with Crippen molar-refractivity contribution in [2.75, 3.05) is 12.4 Å². The van der Waals surface area contributed by atoms with Crippen molar-refractivity contribution in [2.24, 2.45) is 0 Å². The summed E-state index contributed by atoms with van der Waals surface area (Å²) >= 11 is 0. The lowest BCUT2D eigenvalue weighted by molar-refractivity contribution is -0.124. The molecule has 4 heteroatoms. The number of aryl methyl sites for hydroxylation is 1. The molecule has 76 valence electrons. The molecule has 1 atom stereocenters. The van der Waals surface area contributed by atoms with Gasteiger partial charge in [-0.3, -0.25) is 9.78 Å². The van der Waals surface area contributed by atoms with E-state index in [1.807, 2.05) is 13.0 Å². The Kier molecular flexibility index (Phi) is 3.59. The Bertz CT molecular complexity index is 326. The van der Waals surface area contributed by atoms with Gasteiger partial charge in [0.2, 0.25) is 0 Å². The van der Waals surface area contributed by atoms with Gasteiger partial charge >= 0.3 is 0 Å². The topological polar surface area (TPSA) is 51.2 Å². The second kappa shape index (κ2) is 4.72. The minimum atomic E-state index is -0.449. The fourth-order valence-corrected chi connectivity index (χ4v) is 0.958. The highest BCUT2D eigenvalue weighted by Gasteiger charge is 2.12. The zero-order valence-corrected chi connectivity index (χ0v) is 8.57. The average molecular weight is 194 g/mol. The van der Waals surface area contributed by atoms with Crippen LogP contribution in [-0.2, 0) is 9.53 Å². The molecule has 0 aromatic carbocycles. The van der Waals surface area contributed by atoms with E-state index in [0.29, 0.717) is 0 Å². The molecule has 0 saturated heterocycles. The minimum absolute atomic E-state index is 0.163. The fraction of sp³-hybridized carbons (Fsp3) is 0.400. The first kappa shape index (κ1) is 10.7. The molecular formula is C10H14N2O2. The number of rotatable bonds is 3. The number of nitrogens with zero attached hydrogens (tertiary/aromatic N) is 1. The smallest absolute Gasteiger partial charge is 0.253 e. The van der Waals surface area contributed by atoms with Crippen LogP contribution in [0, 0.1) is 6.92 Å². The molecule has 1 aromatic heterocycles. The third-order valence-electron chi connectivity index (χ3n) is 1.99. The van der Waals surface area contributed by atoms with Gasteiger partial charge in [-0.2, -0.15) is 0 Å². The van der Waals surface area contributed by atoms with E-state index in [4.69, 9.17) is 4.74 Å². The van der Waals surface area contributed by atoms with Gasteiger partial charge in [-0.15, -0.1) is 0 Å². The molecule has 14 heavy (non-hydrogen) atoms. The van der Waals surface area contributed by atoms with Gasteiger partial charge < -0.3 is 10.1 Å². The van der Waals surface area contributed by atoms with Crippen LogP contribution in [-0.4, -0.2) is 24.1 Å². The van der Waals surface area contributed by atoms with Gasteiger partial charge in [-0.1, -0.05) is 0 Å². The molecule has 0 aliphatic carbocycles. The summed E-state index contributed by atoms with van der Waals surface area (Å²) in [7, 11) is 1.50. The average Bonchev–Trinajstić information content (AvgIpc) is 2.20. The third-order valence-corrected chi connectivity index (χ3v) is 1.99. The highest BCUT2D eigenvalue weighted by atomic mass is 16.5. The molecule has 0 radical (unpaired) electrons. The van der Waals surface area contributed by atoms with E-state index in [9.17, 15) is 4.79 Å². The summed E-state index contributed by atoms with van der Waals surface area (Å²) in [5, 5.41) is 2.73. The number of amides is 1. The molecule has 0 saturated carbocycles. The number of carbonyl (C=O) groups excluding carboxylic acids is 1. The van der Waals surface area contributed by atoms with Crippen molar-refractivity contribution in [1.82, 2.24) is 4.98 Å². The van der Waals surface area contributed by atoms with Crippen LogP contribution in [0.25, 0.3) is 0 Å². The van der Waals surface area contributed by atoms with Crippen LogP contribution in [0.3, 0.4) is 0 Å². The van der Waals surface area contributed by atoms with Crippen LogP contribution >= 0.6 is 0 Å². The second-order valence-corrected chi connectivity index (χ2v) is 3.00. The lowest BCUT2D eigenvalue weighted by atomic mass is 10.3. The summed E-state index contributed by atoms with van der Waals surface area (Å²) in [6, 6.07) is 3.59. The van der Waals surface area contributed by atoms with Crippen molar-refractivity contribution >= 4 is 11.6 Å².